The van der Waals surface area contributed by atoms with Crippen molar-refractivity contribution in [3.63, 3.8) is 0 Å². The third-order valence-electron chi connectivity index (χ3n) is 2.60. The molecule has 0 saturated heterocycles. The molecule has 0 spiro atoms. The summed E-state index contributed by atoms with van der Waals surface area (Å²) in [5, 5.41) is 11.2. The molecule has 1 aliphatic heterocycles. The number of aliphatic hydroxyl groups excluding tert-OH is 1. The number of hydrogen-bond acceptors (Lipinski definition) is 3. The lowest BCUT2D eigenvalue weighted by atomic mass is 10.0. The van der Waals surface area contributed by atoms with Crippen LogP contribution in [0.4, 0.5) is 0 Å². The lowest BCUT2D eigenvalue weighted by Crippen LogP contribution is -2.18. The number of carbonyl (C=O) groups is 1. The first-order valence-electron chi connectivity index (χ1n) is 4.68. The fourth-order valence-corrected chi connectivity index (χ4v) is 1.86. The van der Waals surface area contributed by atoms with Gasteiger partial charge >= 0.3 is 0 Å². The molecule has 0 amide bonds. The van der Waals surface area contributed by atoms with Crippen LogP contribution in [0.15, 0.2) is 36.4 Å². The van der Waals surface area contributed by atoms with Crippen molar-refractivity contribution in [1.82, 2.24) is 0 Å². The zero-order chi connectivity index (χ0) is 10.4. The van der Waals surface area contributed by atoms with E-state index in [0.717, 1.165) is 10.8 Å². The number of rotatable bonds is 0. The molecule has 0 aromatic heterocycles. The minimum Gasteiger partial charge on any atom is -0.456 e. The maximum Gasteiger partial charge on any atom is 0.262 e. The Morgan fingerprint density at radius 3 is 2.80 bits per heavy atom. The molecule has 3 heteroatoms. The standard InChI is InChI=1S/C12H8O3/c13-10-9-6-5-7-3-1-2-4-8(7)11(9)15-12(10)14/h1-6,12,14H. The third-order valence-corrected chi connectivity index (χ3v) is 2.60. The van der Waals surface area contributed by atoms with Gasteiger partial charge in [0.15, 0.2) is 0 Å². The smallest absolute Gasteiger partial charge is 0.262 e. The van der Waals surface area contributed by atoms with Crippen LogP contribution in [0.3, 0.4) is 0 Å². The van der Waals surface area contributed by atoms with Gasteiger partial charge < -0.3 is 9.84 Å². The second-order valence-electron chi connectivity index (χ2n) is 3.50. The van der Waals surface area contributed by atoms with Gasteiger partial charge in [0.25, 0.3) is 6.29 Å². The number of fused-ring (bicyclic) bond motifs is 3. The van der Waals surface area contributed by atoms with E-state index in [1.807, 2.05) is 30.3 Å². The van der Waals surface area contributed by atoms with Crippen LogP contribution >= 0.6 is 0 Å². The van der Waals surface area contributed by atoms with Gasteiger partial charge in [0.1, 0.15) is 5.75 Å². The first kappa shape index (κ1) is 8.44. The van der Waals surface area contributed by atoms with Gasteiger partial charge in [-0.05, 0) is 11.5 Å². The van der Waals surface area contributed by atoms with E-state index in [1.165, 1.54) is 0 Å². The fraction of sp³-hybridized carbons (Fsp3) is 0.0833. The van der Waals surface area contributed by atoms with Crippen LogP contribution in [0.5, 0.6) is 5.75 Å². The molecule has 74 valence electrons. The molecule has 2 aromatic carbocycles. The van der Waals surface area contributed by atoms with E-state index in [4.69, 9.17) is 4.74 Å². The highest BCUT2D eigenvalue weighted by Crippen LogP contribution is 2.35. The van der Waals surface area contributed by atoms with Crippen LogP contribution in [0.25, 0.3) is 10.8 Å². The first-order valence-corrected chi connectivity index (χ1v) is 4.68. The number of benzene rings is 2. The topological polar surface area (TPSA) is 46.5 Å². The van der Waals surface area contributed by atoms with Crippen LogP contribution in [0.1, 0.15) is 10.4 Å². The number of carbonyl (C=O) groups excluding carboxylic acids is 1. The van der Waals surface area contributed by atoms with E-state index >= 15 is 0 Å². The Kier molecular flexibility index (Phi) is 1.58. The van der Waals surface area contributed by atoms with Crippen LogP contribution in [0, 0.1) is 0 Å². The van der Waals surface area contributed by atoms with Crippen molar-refractivity contribution < 1.29 is 14.6 Å². The Labute approximate surface area is 85.9 Å². The Balaban J connectivity index is 2.38. The monoisotopic (exact) mass is 200 g/mol. The van der Waals surface area contributed by atoms with Crippen LogP contribution in [-0.2, 0) is 0 Å². The van der Waals surface area contributed by atoms with Crippen LogP contribution in [-0.4, -0.2) is 17.2 Å². The van der Waals surface area contributed by atoms with Crippen molar-refractivity contribution in [1.29, 1.82) is 0 Å². The molecular weight excluding hydrogens is 192 g/mol. The zero-order valence-corrected chi connectivity index (χ0v) is 7.81. The highest BCUT2D eigenvalue weighted by Gasteiger charge is 2.31. The molecule has 0 bridgehead atoms. The van der Waals surface area contributed by atoms with Gasteiger partial charge in [-0.3, -0.25) is 4.79 Å². The van der Waals surface area contributed by atoms with E-state index < -0.39 is 6.29 Å². The summed E-state index contributed by atoms with van der Waals surface area (Å²) in [7, 11) is 0. The SMILES string of the molecule is O=C1c2ccc3ccccc3c2OC1O. The summed E-state index contributed by atoms with van der Waals surface area (Å²) in [6, 6.07) is 11.2. The van der Waals surface area contributed by atoms with E-state index in [1.54, 1.807) is 6.07 Å². The molecule has 0 aliphatic carbocycles. The Morgan fingerprint density at radius 2 is 1.93 bits per heavy atom. The van der Waals surface area contributed by atoms with Gasteiger partial charge in [-0.2, -0.15) is 0 Å². The highest BCUT2D eigenvalue weighted by molar-refractivity contribution is 6.09. The van der Waals surface area contributed by atoms with Gasteiger partial charge in [-0.1, -0.05) is 30.3 Å². The highest BCUT2D eigenvalue weighted by atomic mass is 16.6. The second-order valence-corrected chi connectivity index (χ2v) is 3.50. The fourth-order valence-electron chi connectivity index (χ4n) is 1.86. The van der Waals surface area contributed by atoms with E-state index in [9.17, 15) is 9.90 Å². The van der Waals surface area contributed by atoms with Crippen molar-refractivity contribution in [2.45, 2.75) is 6.29 Å². The predicted molar refractivity (Wildman–Crippen MR) is 54.9 cm³/mol. The Morgan fingerprint density at radius 1 is 1.13 bits per heavy atom. The number of ketones is 1. The van der Waals surface area contributed by atoms with E-state index in [2.05, 4.69) is 0 Å². The molecule has 1 atom stereocenters. The normalized spacial score (nSPS) is 19.0. The minimum absolute atomic E-state index is 0.365. The average Bonchev–Trinajstić information content (AvgIpc) is 2.56. The maximum absolute atomic E-state index is 11.5. The van der Waals surface area contributed by atoms with Gasteiger partial charge in [-0.25, -0.2) is 0 Å². The summed E-state index contributed by atoms with van der Waals surface area (Å²) in [5.41, 5.74) is 0.459. The van der Waals surface area contributed by atoms with Crippen LogP contribution in [0.2, 0.25) is 0 Å². The van der Waals surface area contributed by atoms with E-state index in [0.29, 0.717) is 11.3 Å². The van der Waals surface area contributed by atoms with Crippen molar-refractivity contribution in [3.8, 4) is 5.75 Å². The van der Waals surface area contributed by atoms with Crippen molar-refractivity contribution in [2.75, 3.05) is 0 Å². The molecule has 0 fully saturated rings. The predicted octanol–water partition coefficient (Wildman–Crippen LogP) is 1.73. The largest absolute Gasteiger partial charge is 0.456 e. The lowest BCUT2D eigenvalue weighted by molar-refractivity contribution is 0.00930. The number of Topliss-reactive ketones (excluding diaryl/α,β-unsaturated/α-hetero) is 1. The minimum atomic E-state index is -1.34. The summed E-state index contributed by atoms with van der Waals surface area (Å²) in [4.78, 5) is 11.5. The Bertz CT molecular complexity index is 560. The molecule has 15 heavy (non-hydrogen) atoms. The zero-order valence-electron chi connectivity index (χ0n) is 7.81. The maximum atomic E-state index is 11.5. The molecule has 1 N–H and O–H groups in total. The summed E-state index contributed by atoms with van der Waals surface area (Å²) >= 11 is 0. The quantitative estimate of drug-likeness (QED) is 0.704. The molecule has 1 aliphatic rings. The second kappa shape index (κ2) is 2.81. The van der Waals surface area contributed by atoms with Crippen molar-refractivity contribution >= 4 is 16.6 Å². The summed E-state index contributed by atoms with van der Waals surface area (Å²) in [5.74, 6) is 0.126. The number of aliphatic hydroxyl groups is 1. The molecule has 0 radical (unpaired) electrons. The number of hydrogen-bond donors (Lipinski definition) is 1. The number of ether oxygens (including phenoxy) is 1. The summed E-state index contributed by atoms with van der Waals surface area (Å²) < 4.78 is 5.14. The average molecular weight is 200 g/mol. The Hall–Kier alpha value is -1.87. The molecule has 3 nitrogen and oxygen atoms in total. The van der Waals surface area contributed by atoms with Gasteiger partial charge in [-0.15, -0.1) is 0 Å². The molecule has 2 aromatic rings. The van der Waals surface area contributed by atoms with Gasteiger partial charge in [0.05, 0.1) is 5.56 Å². The van der Waals surface area contributed by atoms with Crippen molar-refractivity contribution in [2.24, 2.45) is 0 Å². The molecule has 1 heterocycles. The summed E-state index contributed by atoms with van der Waals surface area (Å²) in [6.07, 6.45) is -1.34. The summed E-state index contributed by atoms with van der Waals surface area (Å²) in [6.45, 7) is 0. The molecule has 3 rings (SSSR count). The first-order chi connectivity index (χ1) is 7.27. The van der Waals surface area contributed by atoms with E-state index in [-0.39, 0.29) is 5.78 Å². The lowest BCUT2D eigenvalue weighted by Gasteiger charge is -2.03. The van der Waals surface area contributed by atoms with Gasteiger partial charge in [0, 0.05) is 5.39 Å². The molecule has 1 unspecified atom stereocenters. The molecular formula is C12H8O3. The van der Waals surface area contributed by atoms with Crippen LogP contribution < -0.4 is 4.74 Å². The van der Waals surface area contributed by atoms with Crippen molar-refractivity contribution in [3.05, 3.63) is 42.0 Å². The van der Waals surface area contributed by atoms with Gasteiger partial charge in [0.2, 0.25) is 5.78 Å². The molecule has 0 saturated carbocycles. The third kappa shape index (κ3) is 1.07.